The van der Waals surface area contributed by atoms with Crippen LogP contribution in [0.1, 0.15) is 12.5 Å². The van der Waals surface area contributed by atoms with Crippen LogP contribution in [-0.4, -0.2) is 24.1 Å². The first-order valence-electron chi connectivity index (χ1n) is 4.09. The van der Waals surface area contributed by atoms with Gasteiger partial charge in [-0.05, 0) is 6.92 Å². The summed E-state index contributed by atoms with van der Waals surface area (Å²) in [5.41, 5.74) is 6.09. The van der Waals surface area contributed by atoms with Crippen LogP contribution in [0.4, 0.5) is 5.95 Å². The predicted octanol–water partition coefficient (Wildman–Crippen LogP) is -0.303. The number of nitrogens with two attached hydrogens (primary N) is 1. The second-order valence-electron chi connectivity index (χ2n) is 2.62. The molecule has 0 unspecified atom stereocenters. The fourth-order valence-electron chi connectivity index (χ4n) is 0.724. The molecule has 3 N–H and O–H groups in total. The first kappa shape index (κ1) is 10.9. The molecule has 0 amide bonds. The van der Waals surface area contributed by atoms with Gasteiger partial charge in [-0.15, -0.1) is 0 Å². The highest BCUT2D eigenvalue weighted by Crippen LogP contribution is 2.01. The molecule has 0 aliphatic heterocycles. The SMILES string of the molecule is CCS(=O)(=O)Nc1ncc(CN)cn1. The maximum Gasteiger partial charge on any atom is 0.236 e. The van der Waals surface area contributed by atoms with Crippen LogP contribution in [0.15, 0.2) is 12.4 Å². The van der Waals surface area contributed by atoms with Gasteiger partial charge in [0.25, 0.3) is 0 Å². The molecule has 7 heteroatoms. The van der Waals surface area contributed by atoms with Gasteiger partial charge in [-0.1, -0.05) is 0 Å². The van der Waals surface area contributed by atoms with Crippen LogP contribution in [0.5, 0.6) is 0 Å². The summed E-state index contributed by atoms with van der Waals surface area (Å²) in [6.45, 7) is 1.87. The average molecular weight is 216 g/mol. The van der Waals surface area contributed by atoms with Crippen molar-refractivity contribution in [3.05, 3.63) is 18.0 Å². The van der Waals surface area contributed by atoms with E-state index in [0.717, 1.165) is 5.56 Å². The molecule has 0 atom stereocenters. The van der Waals surface area contributed by atoms with Crippen molar-refractivity contribution in [3.8, 4) is 0 Å². The summed E-state index contributed by atoms with van der Waals surface area (Å²) in [6, 6.07) is 0. The number of aromatic nitrogens is 2. The lowest BCUT2D eigenvalue weighted by Crippen LogP contribution is -2.16. The van der Waals surface area contributed by atoms with Crippen LogP contribution in [0.25, 0.3) is 0 Å². The van der Waals surface area contributed by atoms with Crippen LogP contribution in [-0.2, 0) is 16.6 Å². The number of hydrogen-bond donors (Lipinski definition) is 2. The minimum atomic E-state index is -3.30. The molecule has 0 aliphatic carbocycles. The maximum absolute atomic E-state index is 11.1. The molecule has 0 fully saturated rings. The Bertz CT molecular complexity index is 387. The molecule has 0 aliphatic rings. The minimum Gasteiger partial charge on any atom is -0.326 e. The van der Waals surface area contributed by atoms with Gasteiger partial charge in [0.15, 0.2) is 0 Å². The number of nitrogens with one attached hydrogen (secondary N) is 1. The number of nitrogens with zero attached hydrogens (tertiary/aromatic N) is 2. The Morgan fingerprint density at radius 2 is 2.00 bits per heavy atom. The van der Waals surface area contributed by atoms with Gasteiger partial charge in [0.1, 0.15) is 0 Å². The van der Waals surface area contributed by atoms with Crippen molar-refractivity contribution in [3.63, 3.8) is 0 Å². The highest BCUT2D eigenvalue weighted by Gasteiger charge is 2.07. The molecule has 1 heterocycles. The van der Waals surface area contributed by atoms with Gasteiger partial charge in [-0.3, -0.25) is 4.72 Å². The Kier molecular flexibility index (Phi) is 3.37. The molecule has 0 saturated carbocycles. The molecule has 14 heavy (non-hydrogen) atoms. The van der Waals surface area contributed by atoms with Gasteiger partial charge in [-0.2, -0.15) is 0 Å². The van der Waals surface area contributed by atoms with Crippen LogP contribution in [0.2, 0.25) is 0 Å². The summed E-state index contributed by atoms with van der Waals surface area (Å²) < 4.78 is 24.4. The van der Waals surface area contributed by atoms with Crippen molar-refractivity contribution in [2.75, 3.05) is 10.5 Å². The summed E-state index contributed by atoms with van der Waals surface area (Å²) in [6.07, 6.45) is 2.97. The molecule has 1 rings (SSSR count). The van der Waals surface area contributed by atoms with Crippen LogP contribution < -0.4 is 10.5 Å². The fourth-order valence-corrected chi connectivity index (χ4v) is 1.25. The normalized spacial score (nSPS) is 11.3. The van der Waals surface area contributed by atoms with Crippen LogP contribution in [0.3, 0.4) is 0 Å². The van der Waals surface area contributed by atoms with Crippen LogP contribution >= 0.6 is 0 Å². The third kappa shape index (κ3) is 2.93. The highest BCUT2D eigenvalue weighted by atomic mass is 32.2. The van der Waals surface area contributed by atoms with E-state index in [0.29, 0.717) is 6.54 Å². The zero-order chi connectivity index (χ0) is 10.6. The van der Waals surface area contributed by atoms with E-state index >= 15 is 0 Å². The van der Waals surface area contributed by atoms with Gasteiger partial charge in [-0.25, -0.2) is 18.4 Å². The molecule has 6 nitrogen and oxygen atoms in total. The van der Waals surface area contributed by atoms with E-state index in [-0.39, 0.29) is 11.7 Å². The largest absolute Gasteiger partial charge is 0.326 e. The molecule has 1 aromatic heterocycles. The third-order valence-corrected chi connectivity index (χ3v) is 2.82. The molecule has 0 aromatic carbocycles. The monoisotopic (exact) mass is 216 g/mol. The minimum absolute atomic E-state index is 0.00496. The van der Waals surface area contributed by atoms with Gasteiger partial charge in [0.05, 0.1) is 5.75 Å². The van der Waals surface area contributed by atoms with Crippen molar-refractivity contribution < 1.29 is 8.42 Å². The van der Waals surface area contributed by atoms with E-state index in [1.165, 1.54) is 19.3 Å². The topological polar surface area (TPSA) is 98.0 Å². The van der Waals surface area contributed by atoms with E-state index in [9.17, 15) is 8.42 Å². The van der Waals surface area contributed by atoms with E-state index in [2.05, 4.69) is 14.7 Å². The second-order valence-corrected chi connectivity index (χ2v) is 4.64. The van der Waals surface area contributed by atoms with E-state index in [4.69, 9.17) is 5.73 Å². The molecular formula is C7H12N4O2S. The quantitative estimate of drug-likeness (QED) is 0.719. The van der Waals surface area contributed by atoms with Crippen LogP contribution in [0, 0.1) is 0 Å². The average Bonchev–Trinajstić information content (AvgIpc) is 2.19. The van der Waals surface area contributed by atoms with Gasteiger partial charge >= 0.3 is 0 Å². The highest BCUT2D eigenvalue weighted by molar-refractivity contribution is 7.92. The molecule has 78 valence electrons. The Labute approximate surface area is 82.6 Å². The van der Waals surface area contributed by atoms with Crippen molar-refractivity contribution in [2.24, 2.45) is 5.73 Å². The molecule has 1 aromatic rings. The number of anilines is 1. The molecule has 0 bridgehead atoms. The molecule has 0 saturated heterocycles. The van der Waals surface area contributed by atoms with Gasteiger partial charge in [0.2, 0.25) is 16.0 Å². The fraction of sp³-hybridized carbons (Fsp3) is 0.429. The van der Waals surface area contributed by atoms with E-state index in [1.54, 1.807) is 0 Å². The zero-order valence-electron chi connectivity index (χ0n) is 7.77. The summed E-state index contributed by atoms with van der Waals surface area (Å²) >= 11 is 0. The molecule has 0 spiro atoms. The Morgan fingerprint density at radius 3 is 2.43 bits per heavy atom. The second kappa shape index (κ2) is 4.34. The first-order valence-corrected chi connectivity index (χ1v) is 5.74. The van der Waals surface area contributed by atoms with Gasteiger partial charge < -0.3 is 5.73 Å². The Balaban J connectivity index is 2.79. The number of sulfonamides is 1. The van der Waals surface area contributed by atoms with Crippen molar-refractivity contribution in [1.82, 2.24) is 9.97 Å². The third-order valence-electron chi connectivity index (χ3n) is 1.57. The zero-order valence-corrected chi connectivity index (χ0v) is 8.58. The lowest BCUT2D eigenvalue weighted by molar-refractivity contribution is 0.602. The van der Waals surface area contributed by atoms with Gasteiger partial charge in [0, 0.05) is 24.5 Å². The first-order chi connectivity index (χ1) is 6.57. The molecular weight excluding hydrogens is 204 g/mol. The van der Waals surface area contributed by atoms with E-state index < -0.39 is 10.0 Å². The summed E-state index contributed by atoms with van der Waals surface area (Å²) in [5.74, 6) is 0.0682. The Hall–Kier alpha value is -1.21. The number of hydrogen-bond acceptors (Lipinski definition) is 5. The molecule has 0 radical (unpaired) electrons. The van der Waals surface area contributed by atoms with Crippen molar-refractivity contribution in [1.29, 1.82) is 0 Å². The summed E-state index contributed by atoms with van der Waals surface area (Å²) in [4.78, 5) is 7.60. The summed E-state index contributed by atoms with van der Waals surface area (Å²) in [5, 5.41) is 0. The van der Waals surface area contributed by atoms with E-state index in [1.807, 2.05) is 0 Å². The lowest BCUT2D eigenvalue weighted by atomic mass is 10.3. The Morgan fingerprint density at radius 1 is 1.43 bits per heavy atom. The van der Waals surface area contributed by atoms with Crippen molar-refractivity contribution >= 4 is 16.0 Å². The summed E-state index contributed by atoms with van der Waals surface area (Å²) in [7, 11) is -3.30. The lowest BCUT2D eigenvalue weighted by Gasteiger charge is -2.03. The number of rotatable bonds is 4. The maximum atomic E-state index is 11.1. The standard InChI is InChI=1S/C7H12N4O2S/c1-2-14(12,13)11-7-9-4-6(3-8)5-10-7/h4-5H,2-3,8H2,1H3,(H,9,10,11). The predicted molar refractivity (Wildman–Crippen MR) is 53.0 cm³/mol. The van der Waals surface area contributed by atoms with Crippen molar-refractivity contribution in [2.45, 2.75) is 13.5 Å². The smallest absolute Gasteiger partial charge is 0.236 e.